The molecular weight excluding hydrogens is 453 g/mol. The fourth-order valence-corrected chi connectivity index (χ4v) is 2.16. The van der Waals surface area contributed by atoms with Crippen LogP contribution in [0.2, 0.25) is 0 Å². The molecule has 0 spiro atoms. The van der Waals surface area contributed by atoms with Crippen LogP contribution in [0, 0.1) is 0 Å². The monoisotopic (exact) mass is 472 g/mol. The van der Waals surface area contributed by atoms with Crippen LogP contribution in [0.5, 0.6) is 0 Å². The van der Waals surface area contributed by atoms with Crippen molar-refractivity contribution < 1.29 is 67.2 Å². The van der Waals surface area contributed by atoms with Gasteiger partial charge < -0.3 is 4.74 Å². The van der Waals surface area contributed by atoms with Gasteiger partial charge in [-0.25, -0.2) is 0 Å². The molecule has 0 aromatic heterocycles. The molecule has 0 saturated carbocycles. The summed E-state index contributed by atoms with van der Waals surface area (Å²) in [6.07, 6.45) is -7.16. The van der Waals surface area contributed by atoms with Gasteiger partial charge in [-0.15, -0.1) is 0 Å². The zero-order chi connectivity index (χ0) is 23.8. The Morgan fingerprint density at radius 2 is 1.47 bits per heavy atom. The standard InChI is InChI=1S/C15H19F11O4/c1-8(2)29-15(26)28-7-9(30-15)6-27-5-4-11(18,19)13(22,23)14(24,25)12(20,21)10(3,16)17/h8-9H,4-7H2,1-3H3. The van der Waals surface area contributed by atoms with Gasteiger partial charge in [-0.2, -0.15) is 48.3 Å². The molecule has 180 valence electrons. The molecule has 1 fully saturated rings. The highest BCUT2D eigenvalue weighted by Gasteiger charge is 2.84. The van der Waals surface area contributed by atoms with Crippen LogP contribution in [-0.4, -0.2) is 67.9 Å². The third-order valence-electron chi connectivity index (χ3n) is 3.79. The van der Waals surface area contributed by atoms with Crippen molar-refractivity contribution in [2.24, 2.45) is 0 Å². The fourth-order valence-electron chi connectivity index (χ4n) is 2.16. The highest BCUT2D eigenvalue weighted by molar-refractivity contribution is 5.07. The molecule has 0 amide bonds. The third kappa shape index (κ3) is 5.27. The first-order valence-electron chi connectivity index (χ1n) is 8.35. The summed E-state index contributed by atoms with van der Waals surface area (Å²) < 4.78 is 164. The van der Waals surface area contributed by atoms with Crippen molar-refractivity contribution in [1.82, 2.24) is 0 Å². The van der Waals surface area contributed by atoms with Gasteiger partial charge in [0.1, 0.15) is 6.10 Å². The predicted octanol–water partition coefficient (Wildman–Crippen LogP) is 5.01. The minimum atomic E-state index is -7.09. The van der Waals surface area contributed by atoms with E-state index in [0.29, 0.717) is 0 Å². The average molecular weight is 472 g/mol. The first-order valence-corrected chi connectivity index (χ1v) is 8.35. The summed E-state index contributed by atoms with van der Waals surface area (Å²) in [5, 5.41) is 0. The Bertz CT molecular complexity index is 579. The zero-order valence-electron chi connectivity index (χ0n) is 15.8. The second kappa shape index (κ2) is 8.54. The van der Waals surface area contributed by atoms with Crippen molar-refractivity contribution in [1.29, 1.82) is 0 Å². The summed E-state index contributed by atoms with van der Waals surface area (Å²) in [6.45, 7) is -0.617. The summed E-state index contributed by atoms with van der Waals surface area (Å²) in [5.41, 5.74) is 0. The van der Waals surface area contributed by atoms with E-state index in [-0.39, 0.29) is 0 Å². The minimum Gasteiger partial charge on any atom is -0.378 e. The number of rotatable bonds is 11. The Kier molecular flexibility index (Phi) is 7.72. The van der Waals surface area contributed by atoms with Gasteiger partial charge >= 0.3 is 35.8 Å². The molecule has 1 aliphatic rings. The van der Waals surface area contributed by atoms with Gasteiger partial charge in [0.15, 0.2) is 0 Å². The van der Waals surface area contributed by atoms with Crippen LogP contribution in [0.4, 0.5) is 48.3 Å². The number of hydrogen-bond donors (Lipinski definition) is 0. The Hall–Kier alpha value is -0.930. The van der Waals surface area contributed by atoms with Gasteiger partial charge in [-0.1, -0.05) is 0 Å². The average Bonchev–Trinajstić information content (AvgIpc) is 2.90. The quantitative estimate of drug-likeness (QED) is 0.313. The maximum absolute atomic E-state index is 13.9. The van der Waals surface area contributed by atoms with Crippen LogP contribution in [0.1, 0.15) is 27.2 Å². The lowest BCUT2D eigenvalue weighted by Crippen LogP contribution is -2.66. The van der Waals surface area contributed by atoms with Crippen LogP contribution in [0.15, 0.2) is 0 Å². The van der Waals surface area contributed by atoms with Gasteiger partial charge in [-0.3, -0.25) is 14.2 Å². The largest absolute Gasteiger partial charge is 0.449 e. The molecule has 0 radical (unpaired) electrons. The lowest BCUT2D eigenvalue weighted by atomic mass is 9.94. The first-order chi connectivity index (χ1) is 13.2. The van der Waals surface area contributed by atoms with Crippen LogP contribution < -0.4 is 0 Å². The van der Waals surface area contributed by atoms with E-state index in [0.717, 1.165) is 0 Å². The van der Waals surface area contributed by atoms with E-state index in [4.69, 9.17) is 0 Å². The lowest BCUT2D eigenvalue weighted by Gasteiger charge is -2.38. The van der Waals surface area contributed by atoms with Gasteiger partial charge in [0, 0.05) is 13.3 Å². The van der Waals surface area contributed by atoms with Gasteiger partial charge in [0.2, 0.25) is 0 Å². The molecule has 0 aromatic carbocycles. The van der Waals surface area contributed by atoms with Crippen LogP contribution in [-0.2, 0) is 18.9 Å². The smallest absolute Gasteiger partial charge is 0.378 e. The Labute approximate surface area is 163 Å². The third-order valence-corrected chi connectivity index (χ3v) is 3.79. The normalized spacial score (nSPS) is 24.7. The summed E-state index contributed by atoms with van der Waals surface area (Å²) >= 11 is 0. The Balaban J connectivity index is 2.69. The van der Waals surface area contributed by atoms with Crippen molar-refractivity contribution in [3.05, 3.63) is 0 Å². The van der Waals surface area contributed by atoms with Crippen LogP contribution in [0.3, 0.4) is 0 Å². The molecule has 1 aliphatic heterocycles. The van der Waals surface area contributed by atoms with Crippen molar-refractivity contribution >= 4 is 0 Å². The van der Waals surface area contributed by atoms with E-state index in [1.807, 2.05) is 0 Å². The summed E-state index contributed by atoms with van der Waals surface area (Å²) in [7, 11) is 0. The van der Waals surface area contributed by atoms with Gasteiger partial charge in [0.05, 0.1) is 25.9 Å². The predicted molar refractivity (Wildman–Crippen MR) is 76.7 cm³/mol. The highest BCUT2D eigenvalue weighted by Crippen LogP contribution is 2.57. The molecule has 1 heterocycles. The zero-order valence-corrected chi connectivity index (χ0v) is 15.8. The molecule has 0 aromatic rings. The lowest BCUT2D eigenvalue weighted by molar-refractivity contribution is -0.422. The molecule has 1 rings (SSSR count). The van der Waals surface area contributed by atoms with E-state index in [9.17, 15) is 48.3 Å². The molecule has 2 unspecified atom stereocenters. The van der Waals surface area contributed by atoms with E-state index in [2.05, 4.69) is 18.9 Å². The summed E-state index contributed by atoms with van der Waals surface area (Å²) in [6, 6.07) is 0. The molecule has 0 bridgehead atoms. The second-order valence-corrected chi connectivity index (χ2v) is 6.84. The van der Waals surface area contributed by atoms with Crippen LogP contribution in [0.25, 0.3) is 0 Å². The van der Waals surface area contributed by atoms with Crippen molar-refractivity contribution in [3.63, 3.8) is 0 Å². The molecule has 0 N–H and O–H groups in total. The van der Waals surface area contributed by atoms with Crippen molar-refractivity contribution in [2.75, 3.05) is 19.8 Å². The fraction of sp³-hybridized carbons (Fsp3) is 1.00. The molecular formula is C15H19F11O4. The van der Waals surface area contributed by atoms with Crippen molar-refractivity contribution in [2.45, 2.75) is 75.2 Å². The molecule has 1 saturated heterocycles. The summed E-state index contributed by atoms with van der Waals surface area (Å²) in [5.74, 6) is -32.3. The molecule has 2 atom stereocenters. The number of halogens is 11. The van der Waals surface area contributed by atoms with E-state index < -0.39 is 81.2 Å². The van der Waals surface area contributed by atoms with Gasteiger partial charge in [0.25, 0.3) is 0 Å². The Morgan fingerprint density at radius 3 is 1.93 bits per heavy atom. The summed E-state index contributed by atoms with van der Waals surface area (Å²) in [4.78, 5) is 0. The van der Waals surface area contributed by atoms with E-state index in [1.165, 1.54) is 13.8 Å². The SMILES string of the molecule is CC(C)OC1(F)OCC(COCCC(F)(F)C(F)(F)C(F)(F)C(F)(F)C(C)(F)F)O1. The molecule has 15 heteroatoms. The molecule has 4 nitrogen and oxygen atoms in total. The van der Waals surface area contributed by atoms with E-state index >= 15 is 0 Å². The maximum Gasteiger partial charge on any atom is 0.449 e. The number of hydrogen-bond acceptors (Lipinski definition) is 4. The molecule has 0 aliphatic carbocycles. The number of ether oxygens (including phenoxy) is 4. The molecule has 30 heavy (non-hydrogen) atoms. The Morgan fingerprint density at radius 1 is 0.933 bits per heavy atom. The second-order valence-electron chi connectivity index (χ2n) is 6.84. The number of alkyl halides is 11. The minimum absolute atomic E-state index is 0.508. The highest BCUT2D eigenvalue weighted by atomic mass is 19.4. The topological polar surface area (TPSA) is 36.9 Å². The van der Waals surface area contributed by atoms with Crippen LogP contribution >= 0.6 is 0 Å². The maximum atomic E-state index is 13.9. The van der Waals surface area contributed by atoms with E-state index in [1.54, 1.807) is 0 Å². The first kappa shape index (κ1) is 27.1. The van der Waals surface area contributed by atoms with Crippen molar-refractivity contribution in [3.8, 4) is 0 Å². The van der Waals surface area contributed by atoms with Gasteiger partial charge in [-0.05, 0) is 13.8 Å².